The number of nitrogens with one attached hydrogen (secondary N) is 1. The van der Waals surface area contributed by atoms with Crippen molar-refractivity contribution in [3.63, 3.8) is 0 Å². The largest absolute Gasteiger partial charge is 0.479 e. The number of rotatable bonds is 3. The van der Waals surface area contributed by atoms with Gasteiger partial charge in [0.2, 0.25) is 0 Å². The molecule has 0 aromatic carbocycles. The molecule has 0 radical (unpaired) electrons. The topological polar surface area (TPSA) is 123 Å². The SMILES string of the molecule is N#CC1CN(C(=O)NC[C@H](O)C(=O)O)CCO1. The maximum atomic E-state index is 11.5. The Balaban J connectivity index is 2.37. The van der Waals surface area contributed by atoms with Gasteiger partial charge in [-0.15, -0.1) is 0 Å². The Morgan fingerprint density at radius 2 is 2.35 bits per heavy atom. The van der Waals surface area contributed by atoms with Crippen LogP contribution in [-0.2, 0) is 9.53 Å². The number of morpholine rings is 1. The zero-order valence-electron chi connectivity index (χ0n) is 9.00. The Hall–Kier alpha value is -1.85. The van der Waals surface area contributed by atoms with Crippen LogP contribution in [0.15, 0.2) is 0 Å². The lowest BCUT2D eigenvalue weighted by molar-refractivity contribution is -0.146. The third kappa shape index (κ3) is 3.90. The summed E-state index contributed by atoms with van der Waals surface area (Å²) in [6.45, 7) is 0.342. The minimum absolute atomic E-state index is 0.130. The summed E-state index contributed by atoms with van der Waals surface area (Å²) >= 11 is 0. The average molecular weight is 243 g/mol. The van der Waals surface area contributed by atoms with E-state index < -0.39 is 24.2 Å². The summed E-state index contributed by atoms with van der Waals surface area (Å²) in [7, 11) is 0. The van der Waals surface area contributed by atoms with Gasteiger partial charge in [-0.2, -0.15) is 5.26 Å². The monoisotopic (exact) mass is 243 g/mol. The van der Waals surface area contributed by atoms with E-state index in [1.165, 1.54) is 4.90 Å². The van der Waals surface area contributed by atoms with Gasteiger partial charge >= 0.3 is 12.0 Å². The van der Waals surface area contributed by atoms with E-state index >= 15 is 0 Å². The number of nitrogens with zero attached hydrogens (tertiary/aromatic N) is 2. The number of carbonyl (C=O) groups is 2. The first-order chi connectivity index (χ1) is 8.04. The molecule has 2 atom stereocenters. The normalized spacial score (nSPS) is 21.4. The maximum Gasteiger partial charge on any atom is 0.334 e. The predicted molar refractivity (Wildman–Crippen MR) is 54.0 cm³/mol. The molecule has 2 amide bonds. The molecule has 0 aromatic rings. The molecule has 1 aliphatic heterocycles. The van der Waals surface area contributed by atoms with E-state index in [9.17, 15) is 9.59 Å². The zero-order chi connectivity index (χ0) is 12.8. The van der Waals surface area contributed by atoms with Crippen molar-refractivity contribution in [2.45, 2.75) is 12.2 Å². The number of carbonyl (C=O) groups excluding carboxylic acids is 1. The number of hydrogen-bond donors (Lipinski definition) is 3. The van der Waals surface area contributed by atoms with E-state index in [0.717, 1.165) is 0 Å². The number of aliphatic hydroxyl groups excluding tert-OH is 1. The van der Waals surface area contributed by atoms with Crippen molar-refractivity contribution in [2.24, 2.45) is 0 Å². The minimum Gasteiger partial charge on any atom is -0.479 e. The second kappa shape index (κ2) is 6.03. The molecule has 1 heterocycles. The maximum absolute atomic E-state index is 11.5. The van der Waals surface area contributed by atoms with Crippen molar-refractivity contribution in [1.29, 1.82) is 5.26 Å². The molecule has 1 unspecified atom stereocenters. The van der Waals surface area contributed by atoms with Crippen LogP contribution >= 0.6 is 0 Å². The van der Waals surface area contributed by atoms with E-state index in [0.29, 0.717) is 6.54 Å². The van der Waals surface area contributed by atoms with Gasteiger partial charge in [0.05, 0.1) is 25.8 Å². The molecular weight excluding hydrogens is 230 g/mol. The highest BCUT2D eigenvalue weighted by Crippen LogP contribution is 2.04. The second-order valence-electron chi connectivity index (χ2n) is 3.47. The molecule has 0 aliphatic carbocycles. The smallest absolute Gasteiger partial charge is 0.334 e. The van der Waals surface area contributed by atoms with Crippen molar-refractivity contribution in [1.82, 2.24) is 10.2 Å². The summed E-state index contributed by atoms with van der Waals surface area (Å²) < 4.78 is 5.05. The first-order valence-corrected chi connectivity index (χ1v) is 4.99. The Kier molecular flexibility index (Phi) is 4.68. The Bertz CT molecular complexity index is 340. The molecule has 8 nitrogen and oxygen atoms in total. The summed E-state index contributed by atoms with van der Waals surface area (Å²) in [6, 6.07) is 1.36. The lowest BCUT2D eigenvalue weighted by atomic mass is 10.3. The number of aliphatic carboxylic acids is 1. The standard InChI is InChI=1S/C9H13N3O5/c10-3-6-5-12(1-2-17-6)9(16)11-4-7(13)8(14)15/h6-7,13H,1-2,4-5H2,(H,11,16)(H,14,15)/t6?,7-/m0/s1. The molecule has 0 spiro atoms. The van der Waals surface area contributed by atoms with Gasteiger partial charge in [-0.3, -0.25) is 0 Å². The third-order valence-corrected chi connectivity index (χ3v) is 2.23. The molecule has 0 bridgehead atoms. The third-order valence-electron chi connectivity index (χ3n) is 2.23. The van der Waals surface area contributed by atoms with Crippen LogP contribution in [0.25, 0.3) is 0 Å². The molecule has 3 N–H and O–H groups in total. The van der Waals surface area contributed by atoms with Crippen molar-refractivity contribution in [3.05, 3.63) is 0 Å². The molecule has 17 heavy (non-hydrogen) atoms. The molecule has 1 aliphatic rings. The summed E-state index contributed by atoms with van der Waals surface area (Å²) in [5.41, 5.74) is 0. The quantitative estimate of drug-likeness (QED) is 0.546. The molecule has 8 heteroatoms. The minimum atomic E-state index is -1.63. The summed E-state index contributed by atoms with van der Waals surface area (Å²) in [4.78, 5) is 23.2. The fourth-order valence-corrected chi connectivity index (χ4v) is 1.29. The van der Waals surface area contributed by atoms with Gasteiger partial charge in [-0.25, -0.2) is 9.59 Å². The summed E-state index contributed by atoms with van der Waals surface area (Å²) in [5.74, 6) is -1.40. The van der Waals surface area contributed by atoms with Crippen LogP contribution < -0.4 is 5.32 Å². The molecule has 1 fully saturated rings. The summed E-state index contributed by atoms with van der Waals surface area (Å²) in [5, 5.41) is 28.3. The van der Waals surface area contributed by atoms with E-state index in [2.05, 4.69) is 5.32 Å². The number of ether oxygens (including phenoxy) is 1. The number of carboxylic acid groups (broad SMARTS) is 1. The van der Waals surface area contributed by atoms with Gasteiger partial charge in [0.1, 0.15) is 0 Å². The first kappa shape index (κ1) is 13.2. The van der Waals surface area contributed by atoms with E-state index in [4.69, 9.17) is 20.2 Å². The molecule has 1 rings (SSSR count). The molecule has 0 aromatic heterocycles. The molecule has 1 saturated heterocycles. The number of hydrogen-bond acceptors (Lipinski definition) is 5. The van der Waals surface area contributed by atoms with Gasteiger partial charge in [-0.05, 0) is 0 Å². The van der Waals surface area contributed by atoms with Crippen molar-refractivity contribution in [3.8, 4) is 6.07 Å². The van der Waals surface area contributed by atoms with Gasteiger partial charge in [0.15, 0.2) is 12.2 Å². The Morgan fingerprint density at radius 3 is 2.94 bits per heavy atom. The van der Waals surface area contributed by atoms with Crippen LogP contribution in [-0.4, -0.2) is 65.6 Å². The predicted octanol–water partition coefficient (Wildman–Crippen LogP) is -1.63. The van der Waals surface area contributed by atoms with Crippen LogP contribution in [0.3, 0.4) is 0 Å². The number of aliphatic hydroxyl groups is 1. The number of urea groups is 1. The first-order valence-electron chi connectivity index (χ1n) is 4.99. The number of nitriles is 1. The van der Waals surface area contributed by atoms with Gasteiger partial charge in [-0.1, -0.05) is 0 Å². The molecule has 0 saturated carbocycles. The summed E-state index contributed by atoms with van der Waals surface area (Å²) in [6.07, 6.45) is -2.30. The van der Waals surface area contributed by atoms with Gasteiger partial charge < -0.3 is 25.2 Å². The Morgan fingerprint density at radius 1 is 1.65 bits per heavy atom. The fourth-order valence-electron chi connectivity index (χ4n) is 1.29. The highest BCUT2D eigenvalue weighted by Gasteiger charge is 2.24. The van der Waals surface area contributed by atoms with Crippen molar-refractivity contribution < 1.29 is 24.5 Å². The second-order valence-corrected chi connectivity index (χ2v) is 3.47. The lowest BCUT2D eigenvalue weighted by Crippen LogP contribution is -2.51. The van der Waals surface area contributed by atoms with Crippen molar-refractivity contribution in [2.75, 3.05) is 26.2 Å². The van der Waals surface area contributed by atoms with Crippen molar-refractivity contribution >= 4 is 12.0 Å². The van der Waals surface area contributed by atoms with Crippen LogP contribution in [0.5, 0.6) is 0 Å². The van der Waals surface area contributed by atoms with E-state index in [1.807, 2.05) is 6.07 Å². The fraction of sp³-hybridized carbons (Fsp3) is 0.667. The number of amides is 2. The highest BCUT2D eigenvalue weighted by molar-refractivity contribution is 5.76. The van der Waals surface area contributed by atoms with E-state index in [1.54, 1.807) is 0 Å². The van der Waals surface area contributed by atoms with Gasteiger partial charge in [0.25, 0.3) is 0 Å². The van der Waals surface area contributed by atoms with Crippen LogP contribution in [0, 0.1) is 11.3 Å². The van der Waals surface area contributed by atoms with Crippen LogP contribution in [0.2, 0.25) is 0 Å². The van der Waals surface area contributed by atoms with Gasteiger partial charge in [0, 0.05) is 6.54 Å². The van der Waals surface area contributed by atoms with Crippen LogP contribution in [0.1, 0.15) is 0 Å². The van der Waals surface area contributed by atoms with Crippen LogP contribution in [0.4, 0.5) is 4.79 Å². The molecular formula is C9H13N3O5. The van der Waals surface area contributed by atoms with E-state index in [-0.39, 0.29) is 19.7 Å². The number of carboxylic acids is 1. The highest BCUT2D eigenvalue weighted by atomic mass is 16.5. The average Bonchev–Trinajstić information content (AvgIpc) is 2.35. The molecule has 94 valence electrons. The lowest BCUT2D eigenvalue weighted by Gasteiger charge is -2.29. The zero-order valence-corrected chi connectivity index (χ0v) is 9.00. The Labute approximate surface area is 97.4 Å².